The summed E-state index contributed by atoms with van der Waals surface area (Å²) < 4.78 is 1.78. The first-order valence-corrected chi connectivity index (χ1v) is 5.30. The minimum absolute atomic E-state index is 0.0459. The predicted molar refractivity (Wildman–Crippen MR) is 64.9 cm³/mol. The first kappa shape index (κ1) is 9.84. The summed E-state index contributed by atoms with van der Waals surface area (Å²) in [4.78, 5) is 15.0. The molecular formula is C13H10N2O2. The van der Waals surface area contributed by atoms with Crippen molar-refractivity contribution in [1.29, 1.82) is 0 Å². The Hall–Kier alpha value is -2.36. The monoisotopic (exact) mass is 226 g/mol. The van der Waals surface area contributed by atoms with Gasteiger partial charge in [0.05, 0.1) is 11.7 Å². The summed E-state index contributed by atoms with van der Waals surface area (Å²) in [6.45, 7) is -0.0459. The number of aliphatic carboxylic acids is 1. The van der Waals surface area contributed by atoms with E-state index in [0.717, 1.165) is 21.8 Å². The van der Waals surface area contributed by atoms with Crippen LogP contribution in [-0.4, -0.2) is 20.6 Å². The second-order valence-electron chi connectivity index (χ2n) is 3.89. The van der Waals surface area contributed by atoms with E-state index in [4.69, 9.17) is 5.11 Å². The normalized spacial score (nSPS) is 11.1. The highest BCUT2D eigenvalue weighted by molar-refractivity contribution is 6.08. The molecule has 1 N–H and O–H groups in total. The maximum absolute atomic E-state index is 10.9. The second-order valence-corrected chi connectivity index (χ2v) is 3.89. The summed E-state index contributed by atoms with van der Waals surface area (Å²) in [7, 11) is 0. The van der Waals surface area contributed by atoms with Crippen LogP contribution < -0.4 is 0 Å². The molecule has 0 saturated carbocycles. The number of nitrogens with zero attached hydrogens (tertiary/aromatic N) is 2. The van der Waals surface area contributed by atoms with Crippen molar-refractivity contribution < 1.29 is 9.90 Å². The molecule has 0 radical (unpaired) electrons. The fraction of sp³-hybridized carbons (Fsp3) is 0.0769. The van der Waals surface area contributed by atoms with E-state index in [2.05, 4.69) is 4.98 Å². The molecule has 3 aromatic rings. The number of para-hydroxylation sites is 1. The van der Waals surface area contributed by atoms with Gasteiger partial charge in [-0.2, -0.15) is 0 Å². The Morgan fingerprint density at radius 1 is 1.18 bits per heavy atom. The fourth-order valence-electron chi connectivity index (χ4n) is 2.20. The Morgan fingerprint density at radius 2 is 1.94 bits per heavy atom. The lowest BCUT2D eigenvalue weighted by molar-refractivity contribution is -0.137. The van der Waals surface area contributed by atoms with E-state index in [1.165, 1.54) is 0 Å². The van der Waals surface area contributed by atoms with Crippen molar-refractivity contribution in [3.05, 3.63) is 42.7 Å². The van der Waals surface area contributed by atoms with Crippen LogP contribution in [0.15, 0.2) is 42.7 Å². The molecule has 0 spiro atoms. The topological polar surface area (TPSA) is 55.1 Å². The lowest BCUT2D eigenvalue weighted by Crippen LogP contribution is -2.08. The number of rotatable bonds is 2. The average Bonchev–Trinajstić information content (AvgIpc) is 2.65. The standard InChI is InChI=1S/C13H10N2O2/c16-13(17)8-15-11-4-2-1-3-9(11)10-5-6-14-7-12(10)15/h1-7H,8H2,(H,16,17). The van der Waals surface area contributed by atoms with Crippen molar-refractivity contribution in [3.8, 4) is 0 Å². The van der Waals surface area contributed by atoms with Gasteiger partial charge >= 0.3 is 5.97 Å². The first-order chi connectivity index (χ1) is 8.27. The molecule has 84 valence electrons. The van der Waals surface area contributed by atoms with Crippen molar-refractivity contribution in [2.75, 3.05) is 0 Å². The van der Waals surface area contributed by atoms with Gasteiger partial charge < -0.3 is 9.67 Å². The smallest absolute Gasteiger partial charge is 0.323 e. The highest BCUT2D eigenvalue weighted by Crippen LogP contribution is 2.27. The van der Waals surface area contributed by atoms with E-state index in [-0.39, 0.29) is 6.54 Å². The van der Waals surface area contributed by atoms with Gasteiger partial charge in [-0.15, -0.1) is 0 Å². The molecule has 0 atom stereocenters. The maximum Gasteiger partial charge on any atom is 0.323 e. The number of carboxylic acids is 1. The van der Waals surface area contributed by atoms with Gasteiger partial charge in [0.15, 0.2) is 0 Å². The SMILES string of the molecule is O=C(O)Cn1c2ccccc2c2ccncc21. The van der Waals surface area contributed by atoms with Crippen molar-refractivity contribution in [2.24, 2.45) is 0 Å². The molecule has 3 rings (SSSR count). The minimum Gasteiger partial charge on any atom is -0.480 e. The van der Waals surface area contributed by atoms with Crippen molar-refractivity contribution in [2.45, 2.75) is 6.54 Å². The number of fused-ring (bicyclic) bond motifs is 3. The van der Waals surface area contributed by atoms with Crippen LogP contribution in [0.1, 0.15) is 0 Å². The minimum atomic E-state index is -0.850. The molecule has 0 aliphatic heterocycles. The molecule has 0 saturated heterocycles. The molecule has 1 aromatic carbocycles. The second kappa shape index (κ2) is 3.59. The van der Waals surface area contributed by atoms with Crippen LogP contribution in [0.2, 0.25) is 0 Å². The van der Waals surface area contributed by atoms with Gasteiger partial charge in [0.25, 0.3) is 0 Å². The third kappa shape index (κ3) is 1.45. The van der Waals surface area contributed by atoms with Crippen molar-refractivity contribution in [1.82, 2.24) is 9.55 Å². The summed E-state index contributed by atoms with van der Waals surface area (Å²) in [5, 5.41) is 11.1. The highest BCUT2D eigenvalue weighted by Gasteiger charge is 2.11. The molecule has 17 heavy (non-hydrogen) atoms. The van der Waals surface area contributed by atoms with Crippen LogP contribution in [0.4, 0.5) is 0 Å². The van der Waals surface area contributed by atoms with E-state index >= 15 is 0 Å². The summed E-state index contributed by atoms with van der Waals surface area (Å²) in [6, 6.07) is 9.70. The van der Waals surface area contributed by atoms with Crippen LogP contribution in [0.25, 0.3) is 21.8 Å². The van der Waals surface area contributed by atoms with Crippen LogP contribution in [-0.2, 0) is 11.3 Å². The number of carbonyl (C=O) groups is 1. The number of hydrogen-bond acceptors (Lipinski definition) is 2. The van der Waals surface area contributed by atoms with Gasteiger partial charge in [-0.05, 0) is 12.1 Å². The fourth-order valence-corrected chi connectivity index (χ4v) is 2.20. The Bertz CT molecular complexity index is 662. The largest absolute Gasteiger partial charge is 0.480 e. The van der Waals surface area contributed by atoms with Gasteiger partial charge in [-0.1, -0.05) is 18.2 Å². The number of hydrogen-bond donors (Lipinski definition) is 1. The third-order valence-corrected chi connectivity index (χ3v) is 2.87. The molecule has 4 heteroatoms. The zero-order valence-electron chi connectivity index (χ0n) is 9.00. The zero-order valence-corrected chi connectivity index (χ0v) is 9.00. The number of aromatic nitrogens is 2. The molecule has 4 nitrogen and oxygen atoms in total. The van der Waals surface area contributed by atoms with E-state index < -0.39 is 5.97 Å². The lowest BCUT2D eigenvalue weighted by atomic mass is 10.2. The molecule has 0 fully saturated rings. The van der Waals surface area contributed by atoms with Gasteiger partial charge in [0, 0.05) is 22.5 Å². The first-order valence-electron chi connectivity index (χ1n) is 5.30. The summed E-state index contributed by atoms with van der Waals surface area (Å²) >= 11 is 0. The molecular weight excluding hydrogens is 216 g/mol. The Balaban J connectivity index is 2.45. The Kier molecular flexibility index (Phi) is 2.08. The lowest BCUT2D eigenvalue weighted by Gasteiger charge is -2.02. The summed E-state index contributed by atoms with van der Waals surface area (Å²) in [5.41, 5.74) is 1.79. The van der Waals surface area contributed by atoms with Gasteiger partial charge in [0.1, 0.15) is 6.54 Å². The molecule has 0 unspecified atom stereocenters. The quantitative estimate of drug-likeness (QED) is 0.729. The molecule has 2 heterocycles. The third-order valence-electron chi connectivity index (χ3n) is 2.87. The van der Waals surface area contributed by atoms with Crippen molar-refractivity contribution in [3.63, 3.8) is 0 Å². The summed E-state index contributed by atoms with van der Waals surface area (Å²) in [6.07, 6.45) is 3.43. The number of carboxylic acid groups (broad SMARTS) is 1. The van der Waals surface area contributed by atoms with Crippen LogP contribution >= 0.6 is 0 Å². The van der Waals surface area contributed by atoms with Gasteiger partial charge in [0.2, 0.25) is 0 Å². The van der Waals surface area contributed by atoms with E-state index in [0.29, 0.717) is 0 Å². The predicted octanol–water partition coefficient (Wildman–Crippen LogP) is 2.27. The van der Waals surface area contributed by atoms with Crippen LogP contribution in [0, 0.1) is 0 Å². The van der Waals surface area contributed by atoms with E-state index in [9.17, 15) is 4.79 Å². The van der Waals surface area contributed by atoms with Gasteiger partial charge in [-0.25, -0.2) is 0 Å². The molecule has 2 aromatic heterocycles. The zero-order chi connectivity index (χ0) is 11.8. The Morgan fingerprint density at radius 3 is 2.76 bits per heavy atom. The van der Waals surface area contributed by atoms with Gasteiger partial charge in [-0.3, -0.25) is 9.78 Å². The molecule has 0 amide bonds. The highest BCUT2D eigenvalue weighted by atomic mass is 16.4. The Labute approximate surface area is 97.1 Å². The summed E-state index contributed by atoms with van der Waals surface area (Å²) in [5.74, 6) is -0.850. The van der Waals surface area contributed by atoms with Crippen LogP contribution in [0.3, 0.4) is 0 Å². The van der Waals surface area contributed by atoms with Crippen molar-refractivity contribution >= 4 is 27.8 Å². The van der Waals surface area contributed by atoms with Crippen LogP contribution in [0.5, 0.6) is 0 Å². The van der Waals surface area contributed by atoms with E-state index in [1.807, 2.05) is 30.3 Å². The number of pyridine rings is 1. The maximum atomic E-state index is 10.9. The molecule has 0 aliphatic carbocycles. The molecule has 0 bridgehead atoms. The molecule has 0 aliphatic rings. The van der Waals surface area contributed by atoms with E-state index in [1.54, 1.807) is 17.0 Å². The number of benzene rings is 1. The average molecular weight is 226 g/mol.